The van der Waals surface area contributed by atoms with Crippen LogP contribution < -0.4 is 14.8 Å². The number of nitrogens with one attached hydrogen (secondary N) is 1. The van der Waals surface area contributed by atoms with Crippen molar-refractivity contribution in [1.29, 1.82) is 0 Å². The zero-order valence-corrected chi connectivity index (χ0v) is 17.0. The number of phenolic OH excluding ortho intramolecular Hbond substituents is 2. The summed E-state index contributed by atoms with van der Waals surface area (Å²) in [7, 11) is 3.18. The highest BCUT2D eigenvalue weighted by atomic mass is 16.5. The van der Waals surface area contributed by atoms with E-state index in [1.165, 1.54) is 0 Å². The number of hydrogen-bond donors (Lipinski definition) is 3. The molecule has 0 atom stereocenters. The molecule has 156 valence electrons. The van der Waals surface area contributed by atoms with Gasteiger partial charge >= 0.3 is 0 Å². The van der Waals surface area contributed by atoms with Crippen LogP contribution in [0, 0.1) is 0 Å². The van der Waals surface area contributed by atoms with Crippen molar-refractivity contribution in [3.8, 4) is 23.0 Å². The van der Waals surface area contributed by atoms with Crippen molar-refractivity contribution in [2.75, 3.05) is 40.4 Å². The third-order valence-electron chi connectivity index (χ3n) is 4.21. The Bertz CT molecular complexity index is 754. The molecule has 7 nitrogen and oxygen atoms in total. The van der Waals surface area contributed by atoms with Gasteiger partial charge in [-0.2, -0.15) is 0 Å². The lowest BCUT2D eigenvalue weighted by Crippen LogP contribution is -2.18. The molecule has 0 spiro atoms. The number of ether oxygens (including phenoxy) is 2. The van der Waals surface area contributed by atoms with E-state index in [9.17, 15) is 10.2 Å². The average Bonchev–Trinajstić information content (AvgIpc) is 2.74. The number of benzene rings is 2. The third-order valence-corrected chi connectivity index (χ3v) is 4.21. The van der Waals surface area contributed by atoms with Gasteiger partial charge in [-0.25, -0.2) is 0 Å². The van der Waals surface area contributed by atoms with Gasteiger partial charge < -0.3 is 25.0 Å². The molecule has 2 aromatic carbocycles. The van der Waals surface area contributed by atoms with Crippen LogP contribution in [-0.2, 0) is 0 Å². The van der Waals surface area contributed by atoms with E-state index in [1.54, 1.807) is 63.0 Å². The molecule has 0 saturated heterocycles. The van der Waals surface area contributed by atoms with Crippen molar-refractivity contribution in [2.45, 2.75) is 12.8 Å². The molecule has 0 saturated carbocycles. The summed E-state index contributed by atoms with van der Waals surface area (Å²) in [5.74, 6) is 1.76. The summed E-state index contributed by atoms with van der Waals surface area (Å²) >= 11 is 0. The van der Waals surface area contributed by atoms with Gasteiger partial charge in [0, 0.05) is 36.6 Å². The Hall–Kier alpha value is -3.06. The van der Waals surface area contributed by atoms with Crippen LogP contribution in [0.2, 0.25) is 0 Å². The van der Waals surface area contributed by atoms with Gasteiger partial charge in [0.25, 0.3) is 0 Å². The maximum absolute atomic E-state index is 9.80. The number of nitrogens with zero attached hydrogens (tertiary/aromatic N) is 2. The van der Waals surface area contributed by atoms with Gasteiger partial charge in [0.1, 0.15) is 23.0 Å². The molecule has 0 unspecified atom stereocenters. The molecular formula is C22H29N3O4. The Morgan fingerprint density at radius 1 is 0.793 bits per heavy atom. The normalized spacial score (nSPS) is 11.4. The van der Waals surface area contributed by atoms with E-state index >= 15 is 0 Å². The number of rotatable bonds is 12. The van der Waals surface area contributed by atoms with Crippen LogP contribution in [0.25, 0.3) is 0 Å². The second-order valence-corrected chi connectivity index (χ2v) is 6.38. The summed E-state index contributed by atoms with van der Waals surface area (Å²) in [4.78, 5) is 8.69. The van der Waals surface area contributed by atoms with Gasteiger partial charge in [-0.1, -0.05) is 0 Å². The Morgan fingerprint density at radius 2 is 1.24 bits per heavy atom. The first-order chi connectivity index (χ1) is 14.1. The lowest BCUT2D eigenvalue weighted by Gasteiger charge is -2.04. The highest BCUT2D eigenvalue weighted by Crippen LogP contribution is 2.21. The summed E-state index contributed by atoms with van der Waals surface area (Å²) in [5, 5.41) is 23.0. The average molecular weight is 399 g/mol. The van der Waals surface area contributed by atoms with Crippen molar-refractivity contribution in [1.82, 2.24) is 5.32 Å². The first-order valence-corrected chi connectivity index (χ1v) is 9.58. The highest BCUT2D eigenvalue weighted by molar-refractivity contribution is 5.84. The van der Waals surface area contributed by atoms with E-state index in [1.807, 2.05) is 0 Å². The summed E-state index contributed by atoms with van der Waals surface area (Å²) in [6.45, 7) is 3.08. The largest absolute Gasteiger partial charge is 0.507 e. The number of aromatic hydroxyl groups is 2. The van der Waals surface area contributed by atoms with Crippen molar-refractivity contribution >= 4 is 12.4 Å². The Labute approximate surface area is 171 Å². The van der Waals surface area contributed by atoms with Crippen LogP contribution in [0.5, 0.6) is 23.0 Å². The van der Waals surface area contributed by atoms with E-state index in [4.69, 9.17) is 9.47 Å². The van der Waals surface area contributed by atoms with Gasteiger partial charge in [0.15, 0.2) is 0 Å². The Kier molecular flexibility index (Phi) is 9.51. The lowest BCUT2D eigenvalue weighted by molar-refractivity contribution is 0.412. The smallest absolute Gasteiger partial charge is 0.124 e. The van der Waals surface area contributed by atoms with Crippen LogP contribution in [0.15, 0.2) is 46.4 Å². The molecule has 0 aromatic heterocycles. The molecule has 0 aliphatic heterocycles. The topological polar surface area (TPSA) is 95.7 Å². The molecule has 0 bridgehead atoms. The quantitative estimate of drug-likeness (QED) is 0.377. The first-order valence-electron chi connectivity index (χ1n) is 9.58. The van der Waals surface area contributed by atoms with Crippen LogP contribution >= 0.6 is 0 Å². The maximum Gasteiger partial charge on any atom is 0.124 e. The number of phenols is 2. The highest BCUT2D eigenvalue weighted by Gasteiger charge is 2.01. The fourth-order valence-corrected chi connectivity index (χ4v) is 2.57. The van der Waals surface area contributed by atoms with Gasteiger partial charge in [-0.3, -0.25) is 9.98 Å². The van der Waals surface area contributed by atoms with E-state index in [2.05, 4.69) is 15.3 Å². The fraction of sp³-hybridized carbons (Fsp3) is 0.364. The van der Waals surface area contributed by atoms with Gasteiger partial charge in [0.2, 0.25) is 0 Å². The Morgan fingerprint density at radius 3 is 1.66 bits per heavy atom. The van der Waals surface area contributed by atoms with Gasteiger partial charge in [-0.05, 0) is 62.3 Å². The molecule has 2 aromatic rings. The summed E-state index contributed by atoms with van der Waals surface area (Å²) in [5.41, 5.74) is 1.30. The lowest BCUT2D eigenvalue weighted by atomic mass is 10.2. The van der Waals surface area contributed by atoms with Crippen molar-refractivity contribution in [2.24, 2.45) is 9.98 Å². The number of hydrogen-bond acceptors (Lipinski definition) is 7. The van der Waals surface area contributed by atoms with E-state index < -0.39 is 0 Å². The molecule has 0 fully saturated rings. The van der Waals surface area contributed by atoms with Crippen LogP contribution in [0.3, 0.4) is 0 Å². The Balaban J connectivity index is 1.57. The molecule has 0 heterocycles. The number of methoxy groups -OCH3 is 2. The SMILES string of the molecule is COc1ccc(O)c(C=NCCCNCCCN=Cc2cc(OC)ccc2O)c1. The van der Waals surface area contributed by atoms with Crippen molar-refractivity contribution < 1.29 is 19.7 Å². The monoisotopic (exact) mass is 399 g/mol. The predicted molar refractivity (Wildman–Crippen MR) is 116 cm³/mol. The van der Waals surface area contributed by atoms with Gasteiger partial charge in [0.05, 0.1) is 14.2 Å². The summed E-state index contributed by atoms with van der Waals surface area (Å²) in [6, 6.07) is 10.1. The molecule has 0 radical (unpaired) electrons. The molecule has 0 aliphatic carbocycles. The molecule has 0 aliphatic rings. The van der Waals surface area contributed by atoms with E-state index in [0.29, 0.717) is 35.7 Å². The molecule has 3 N–H and O–H groups in total. The molecular weight excluding hydrogens is 370 g/mol. The van der Waals surface area contributed by atoms with Crippen LogP contribution in [0.4, 0.5) is 0 Å². The molecule has 0 amide bonds. The summed E-state index contributed by atoms with van der Waals surface area (Å²) < 4.78 is 10.3. The molecule has 2 rings (SSSR count). The second-order valence-electron chi connectivity index (χ2n) is 6.38. The van der Waals surface area contributed by atoms with Crippen molar-refractivity contribution in [3.63, 3.8) is 0 Å². The second kappa shape index (κ2) is 12.4. The third kappa shape index (κ3) is 7.83. The standard InChI is InChI=1S/C22H29N3O4/c1-28-19-5-7-21(26)17(13-19)15-24-11-3-9-23-10-4-12-25-16-18-14-20(29-2)6-8-22(18)27/h5-8,13-16,23,26-27H,3-4,9-12H2,1-2H3. The first kappa shape index (κ1) is 22.2. The minimum atomic E-state index is 0.190. The van der Waals surface area contributed by atoms with Crippen LogP contribution in [0.1, 0.15) is 24.0 Å². The van der Waals surface area contributed by atoms with E-state index in [0.717, 1.165) is 25.9 Å². The van der Waals surface area contributed by atoms with E-state index in [-0.39, 0.29) is 11.5 Å². The predicted octanol–water partition coefficient (Wildman–Crippen LogP) is 3.02. The fourth-order valence-electron chi connectivity index (χ4n) is 2.57. The zero-order valence-electron chi connectivity index (χ0n) is 17.0. The van der Waals surface area contributed by atoms with Crippen molar-refractivity contribution in [3.05, 3.63) is 47.5 Å². The number of aliphatic imine (C=N–C) groups is 2. The summed E-state index contributed by atoms with van der Waals surface area (Å²) in [6.07, 6.45) is 5.14. The zero-order chi connectivity index (χ0) is 20.9. The minimum Gasteiger partial charge on any atom is -0.507 e. The van der Waals surface area contributed by atoms with Gasteiger partial charge in [-0.15, -0.1) is 0 Å². The minimum absolute atomic E-state index is 0.190. The molecule has 29 heavy (non-hydrogen) atoms. The van der Waals surface area contributed by atoms with Crippen LogP contribution in [-0.4, -0.2) is 63.0 Å². The maximum atomic E-state index is 9.80. The molecule has 7 heteroatoms.